The molecule has 4 heteroatoms. The van der Waals surface area contributed by atoms with Gasteiger partial charge in [-0.25, -0.2) is 4.39 Å². The molecule has 136 valence electrons. The van der Waals surface area contributed by atoms with E-state index >= 15 is 0 Å². The molecule has 1 saturated carbocycles. The molecule has 1 N–H and O–H groups in total. The molecule has 3 nitrogen and oxygen atoms in total. The van der Waals surface area contributed by atoms with Crippen LogP contribution in [0.3, 0.4) is 0 Å². The molecule has 1 aromatic carbocycles. The molecular formula is C21H29FN2O. The van der Waals surface area contributed by atoms with Crippen molar-refractivity contribution in [3.8, 4) is 0 Å². The van der Waals surface area contributed by atoms with Crippen LogP contribution in [0, 0.1) is 5.82 Å². The van der Waals surface area contributed by atoms with Crippen LogP contribution in [-0.4, -0.2) is 35.0 Å². The Balaban J connectivity index is 1.40. The molecule has 3 aliphatic rings. The maximum Gasteiger partial charge on any atom is 0.251 e. The highest BCUT2D eigenvalue weighted by Crippen LogP contribution is 2.39. The van der Waals surface area contributed by atoms with E-state index < -0.39 is 0 Å². The number of fused-ring (bicyclic) bond motifs is 2. The van der Waals surface area contributed by atoms with Crippen LogP contribution in [0.25, 0.3) is 0 Å². The normalized spacial score (nSPS) is 30.8. The van der Waals surface area contributed by atoms with Crippen molar-refractivity contribution < 1.29 is 9.18 Å². The van der Waals surface area contributed by atoms with Gasteiger partial charge in [-0.15, -0.1) is 0 Å². The van der Waals surface area contributed by atoms with E-state index in [0.717, 1.165) is 18.9 Å². The largest absolute Gasteiger partial charge is 0.349 e. The van der Waals surface area contributed by atoms with Crippen molar-refractivity contribution in [2.24, 2.45) is 0 Å². The summed E-state index contributed by atoms with van der Waals surface area (Å²) in [5, 5.41) is 3.22. The van der Waals surface area contributed by atoms with Gasteiger partial charge in [0.25, 0.3) is 5.91 Å². The smallest absolute Gasteiger partial charge is 0.251 e. The summed E-state index contributed by atoms with van der Waals surface area (Å²) in [6, 6.07) is 8.16. The molecular weight excluding hydrogens is 315 g/mol. The Morgan fingerprint density at radius 2 is 1.48 bits per heavy atom. The van der Waals surface area contributed by atoms with E-state index in [-0.39, 0.29) is 17.8 Å². The summed E-state index contributed by atoms with van der Waals surface area (Å²) in [5.74, 6) is -0.360. The predicted molar refractivity (Wildman–Crippen MR) is 97.0 cm³/mol. The summed E-state index contributed by atoms with van der Waals surface area (Å²) in [6.07, 6.45) is 12.9. The molecule has 2 unspecified atom stereocenters. The number of nitrogens with zero attached hydrogens (tertiary/aromatic N) is 1. The maximum absolute atomic E-state index is 13.0. The highest BCUT2D eigenvalue weighted by Gasteiger charge is 2.42. The van der Waals surface area contributed by atoms with E-state index in [0.29, 0.717) is 17.6 Å². The highest BCUT2D eigenvalue weighted by molar-refractivity contribution is 5.94. The highest BCUT2D eigenvalue weighted by atomic mass is 19.1. The van der Waals surface area contributed by atoms with Crippen LogP contribution in [-0.2, 0) is 0 Å². The third kappa shape index (κ3) is 3.74. The van der Waals surface area contributed by atoms with Gasteiger partial charge in [0.15, 0.2) is 0 Å². The minimum Gasteiger partial charge on any atom is -0.349 e. The van der Waals surface area contributed by atoms with Crippen LogP contribution < -0.4 is 5.32 Å². The average Bonchev–Trinajstić information content (AvgIpc) is 2.62. The zero-order chi connectivity index (χ0) is 17.2. The number of rotatable bonds is 3. The first-order valence-electron chi connectivity index (χ1n) is 10.0. The van der Waals surface area contributed by atoms with Crippen LogP contribution >= 0.6 is 0 Å². The molecule has 3 fully saturated rings. The molecule has 2 aliphatic heterocycles. The first-order valence-corrected chi connectivity index (χ1v) is 10.0. The molecule has 1 aliphatic carbocycles. The minimum absolute atomic E-state index is 0.0609. The van der Waals surface area contributed by atoms with Crippen molar-refractivity contribution in [2.45, 2.75) is 88.4 Å². The molecule has 0 radical (unpaired) electrons. The van der Waals surface area contributed by atoms with E-state index in [9.17, 15) is 9.18 Å². The number of piperidine rings is 2. The van der Waals surface area contributed by atoms with Crippen molar-refractivity contribution in [3.63, 3.8) is 0 Å². The van der Waals surface area contributed by atoms with Gasteiger partial charge in [0.1, 0.15) is 5.82 Å². The Hall–Kier alpha value is -1.42. The van der Waals surface area contributed by atoms with Crippen LogP contribution in [0.1, 0.15) is 74.6 Å². The second-order valence-corrected chi connectivity index (χ2v) is 8.13. The molecule has 25 heavy (non-hydrogen) atoms. The Morgan fingerprint density at radius 3 is 2.12 bits per heavy atom. The number of halogens is 1. The molecule has 2 bridgehead atoms. The number of hydrogen-bond acceptors (Lipinski definition) is 2. The Morgan fingerprint density at radius 1 is 0.880 bits per heavy atom. The number of carbonyl (C=O) groups is 1. The van der Waals surface area contributed by atoms with E-state index in [1.807, 2.05) is 0 Å². The third-order valence-electron chi connectivity index (χ3n) is 6.47. The summed E-state index contributed by atoms with van der Waals surface area (Å²) in [5.41, 5.74) is 0.557. The van der Waals surface area contributed by atoms with E-state index in [2.05, 4.69) is 10.2 Å². The van der Waals surface area contributed by atoms with E-state index in [4.69, 9.17) is 0 Å². The second kappa shape index (κ2) is 7.45. The molecule has 2 heterocycles. The monoisotopic (exact) mass is 344 g/mol. The van der Waals surface area contributed by atoms with Crippen LogP contribution in [0.15, 0.2) is 24.3 Å². The van der Waals surface area contributed by atoms with E-state index in [1.165, 1.54) is 63.5 Å². The average molecular weight is 344 g/mol. The van der Waals surface area contributed by atoms with E-state index in [1.54, 1.807) is 12.1 Å². The SMILES string of the molecule is O=C(NC1CC2CCCC(C1)N2C1CCCCC1)c1ccc(F)cc1. The van der Waals surface area contributed by atoms with Gasteiger partial charge < -0.3 is 5.32 Å². The van der Waals surface area contributed by atoms with Gasteiger partial charge in [-0.2, -0.15) is 0 Å². The lowest BCUT2D eigenvalue weighted by atomic mass is 9.78. The quantitative estimate of drug-likeness (QED) is 0.888. The van der Waals surface area contributed by atoms with Crippen LogP contribution in [0.4, 0.5) is 4.39 Å². The van der Waals surface area contributed by atoms with Crippen molar-refractivity contribution in [1.29, 1.82) is 0 Å². The number of carbonyl (C=O) groups excluding carboxylic acids is 1. The van der Waals surface area contributed by atoms with Gasteiger partial charge in [-0.1, -0.05) is 25.7 Å². The van der Waals surface area contributed by atoms with Gasteiger partial charge >= 0.3 is 0 Å². The zero-order valence-corrected chi connectivity index (χ0v) is 14.9. The van der Waals surface area contributed by atoms with Crippen LogP contribution in [0.5, 0.6) is 0 Å². The number of amides is 1. The van der Waals surface area contributed by atoms with Crippen molar-refractivity contribution >= 4 is 5.91 Å². The third-order valence-corrected chi connectivity index (χ3v) is 6.47. The number of nitrogens with one attached hydrogen (secondary N) is 1. The fourth-order valence-corrected chi connectivity index (χ4v) is 5.38. The summed E-state index contributed by atoms with van der Waals surface area (Å²) < 4.78 is 13.0. The summed E-state index contributed by atoms with van der Waals surface area (Å²) in [4.78, 5) is 15.3. The summed E-state index contributed by atoms with van der Waals surface area (Å²) >= 11 is 0. The lowest BCUT2D eigenvalue weighted by Gasteiger charge is -2.53. The van der Waals surface area contributed by atoms with Gasteiger partial charge in [0, 0.05) is 29.7 Å². The topological polar surface area (TPSA) is 32.3 Å². The Bertz CT molecular complexity index is 582. The lowest BCUT2D eigenvalue weighted by Crippen LogP contribution is -2.60. The van der Waals surface area contributed by atoms with Crippen molar-refractivity contribution in [2.75, 3.05) is 0 Å². The molecule has 4 rings (SSSR count). The predicted octanol–water partition coefficient (Wildman–Crippen LogP) is 4.27. The lowest BCUT2D eigenvalue weighted by molar-refractivity contribution is -0.0211. The molecule has 0 spiro atoms. The molecule has 2 saturated heterocycles. The Labute approximate surface area is 150 Å². The molecule has 0 aromatic heterocycles. The first kappa shape index (κ1) is 17.0. The summed E-state index contributed by atoms with van der Waals surface area (Å²) in [6.45, 7) is 0. The molecule has 2 atom stereocenters. The number of benzene rings is 1. The Kier molecular flexibility index (Phi) is 5.07. The maximum atomic E-state index is 13.0. The summed E-state index contributed by atoms with van der Waals surface area (Å²) in [7, 11) is 0. The second-order valence-electron chi connectivity index (χ2n) is 8.13. The standard InChI is InChI=1S/C21H29FN2O/c22-16-11-9-15(10-12-16)21(25)23-17-13-19-7-4-8-20(14-17)24(19)18-5-2-1-3-6-18/h9-12,17-20H,1-8,13-14H2,(H,23,25). The van der Waals surface area contributed by atoms with Gasteiger partial charge in [0.05, 0.1) is 0 Å². The van der Waals surface area contributed by atoms with Crippen LogP contribution in [0.2, 0.25) is 0 Å². The van der Waals surface area contributed by atoms with Crippen molar-refractivity contribution in [1.82, 2.24) is 10.2 Å². The number of hydrogen-bond donors (Lipinski definition) is 1. The fourth-order valence-electron chi connectivity index (χ4n) is 5.38. The first-order chi connectivity index (χ1) is 12.2. The molecule has 1 amide bonds. The zero-order valence-electron chi connectivity index (χ0n) is 14.9. The molecule has 1 aromatic rings. The van der Waals surface area contributed by atoms with Gasteiger partial charge in [0.2, 0.25) is 0 Å². The van der Waals surface area contributed by atoms with Gasteiger partial charge in [-0.05, 0) is 62.8 Å². The fraction of sp³-hybridized carbons (Fsp3) is 0.667. The van der Waals surface area contributed by atoms with Crippen molar-refractivity contribution in [3.05, 3.63) is 35.6 Å². The minimum atomic E-state index is -0.299. The van der Waals surface area contributed by atoms with Gasteiger partial charge in [-0.3, -0.25) is 9.69 Å².